The number of halogens is 2. The van der Waals surface area contributed by atoms with Crippen LogP contribution in [0.5, 0.6) is 0 Å². The molecule has 0 spiro atoms. The first kappa shape index (κ1) is 14.2. The van der Waals surface area contributed by atoms with E-state index in [1.165, 1.54) is 5.56 Å². The van der Waals surface area contributed by atoms with E-state index >= 15 is 0 Å². The molecule has 1 aromatic rings. The zero-order valence-corrected chi connectivity index (χ0v) is 13.1. The van der Waals surface area contributed by atoms with Crippen LogP contribution in [0.15, 0.2) is 21.1 Å². The molecular formula is C13H18Br2O. The molecule has 1 rings (SSSR count). The Morgan fingerprint density at radius 3 is 2.19 bits per heavy atom. The molecular weight excluding hydrogens is 332 g/mol. The van der Waals surface area contributed by atoms with E-state index in [4.69, 9.17) is 0 Å². The highest BCUT2D eigenvalue weighted by Gasteiger charge is 2.20. The number of aliphatic hydroxyl groups excluding tert-OH is 1. The van der Waals surface area contributed by atoms with Crippen molar-refractivity contribution in [3.8, 4) is 0 Å². The predicted molar refractivity (Wildman–Crippen MR) is 75.6 cm³/mol. The van der Waals surface area contributed by atoms with Crippen molar-refractivity contribution < 1.29 is 5.11 Å². The fraction of sp³-hybridized carbons (Fsp3) is 0.538. The number of hydrogen-bond acceptors (Lipinski definition) is 1. The van der Waals surface area contributed by atoms with Crippen LogP contribution in [0.3, 0.4) is 0 Å². The van der Waals surface area contributed by atoms with Gasteiger partial charge in [0.05, 0.1) is 6.10 Å². The van der Waals surface area contributed by atoms with Gasteiger partial charge in [0, 0.05) is 8.95 Å². The van der Waals surface area contributed by atoms with Gasteiger partial charge < -0.3 is 5.11 Å². The average Bonchev–Trinajstić information content (AvgIpc) is 2.25. The Kier molecular flexibility index (Phi) is 5.48. The van der Waals surface area contributed by atoms with E-state index in [0.717, 1.165) is 27.4 Å². The third-order valence-corrected chi connectivity index (χ3v) is 4.63. The maximum Gasteiger partial charge on any atom is 0.0829 e. The molecule has 1 N–H and O–H groups in total. The Balaban J connectivity index is 3.07. The zero-order chi connectivity index (χ0) is 12.3. The van der Waals surface area contributed by atoms with Crippen molar-refractivity contribution in [1.82, 2.24) is 0 Å². The molecule has 0 aliphatic rings. The summed E-state index contributed by atoms with van der Waals surface area (Å²) in [7, 11) is 0. The molecule has 0 amide bonds. The summed E-state index contributed by atoms with van der Waals surface area (Å²) in [6.07, 6.45) is 1.60. The number of hydrogen-bond donors (Lipinski definition) is 1. The Hall–Kier alpha value is 0.140. The van der Waals surface area contributed by atoms with Crippen LogP contribution in [-0.2, 0) is 0 Å². The molecule has 1 aromatic carbocycles. The van der Waals surface area contributed by atoms with Crippen molar-refractivity contribution in [1.29, 1.82) is 0 Å². The van der Waals surface area contributed by atoms with Gasteiger partial charge in [-0.15, -0.1) is 0 Å². The van der Waals surface area contributed by atoms with Crippen molar-refractivity contribution in [2.24, 2.45) is 5.92 Å². The Morgan fingerprint density at radius 2 is 1.69 bits per heavy atom. The molecule has 1 nitrogen and oxygen atoms in total. The number of aliphatic hydroxyl groups is 1. The summed E-state index contributed by atoms with van der Waals surface area (Å²) in [6, 6.07) is 4.06. The predicted octanol–water partition coefficient (Wildman–Crippen LogP) is 4.99. The lowest BCUT2D eigenvalue weighted by atomic mass is 9.91. The summed E-state index contributed by atoms with van der Waals surface area (Å²) in [4.78, 5) is 0. The van der Waals surface area contributed by atoms with Gasteiger partial charge in [0.2, 0.25) is 0 Å². The fourth-order valence-corrected chi connectivity index (χ4v) is 2.93. The molecule has 1 unspecified atom stereocenters. The molecule has 0 saturated heterocycles. The highest BCUT2D eigenvalue weighted by atomic mass is 79.9. The number of benzene rings is 1. The van der Waals surface area contributed by atoms with Gasteiger partial charge in [-0.1, -0.05) is 58.5 Å². The molecule has 3 heteroatoms. The van der Waals surface area contributed by atoms with Crippen LogP contribution >= 0.6 is 31.9 Å². The topological polar surface area (TPSA) is 20.2 Å². The number of rotatable bonds is 4. The van der Waals surface area contributed by atoms with E-state index in [0.29, 0.717) is 5.92 Å². The molecule has 0 aromatic heterocycles. The lowest BCUT2D eigenvalue weighted by Crippen LogP contribution is -2.11. The highest BCUT2D eigenvalue weighted by molar-refractivity contribution is 9.11. The smallest absolute Gasteiger partial charge is 0.0829 e. The molecule has 0 fully saturated rings. The molecule has 0 aliphatic heterocycles. The van der Waals surface area contributed by atoms with Crippen molar-refractivity contribution in [3.05, 3.63) is 32.2 Å². The first-order valence-corrected chi connectivity index (χ1v) is 7.23. The SMILES string of the molecule is CCC(CC)C(O)c1cc(Br)c(C)cc1Br. The molecule has 90 valence electrons. The Morgan fingerprint density at radius 1 is 1.12 bits per heavy atom. The molecule has 0 aliphatic carbocycles. The van der Waals surface area contributed by atoms with Crippen LogP contribution < -0.4 is 0 Å². The largest absolute Gasteiger partial charge is 0.388 e. The van der Waals surface area contributed by atoms with Crippen LogP contribution in [0.1, 0.15) is 43.9 Å². The lowest BCUT2D eigenvalue weighted by molar-refractivity contribution is 0.102. The summed E-state index contributed by atoms with van der Waals surface area (Å²) in [5, 5.41) is 10.3. The van der Waals surface area contributed by atoms with E-state index < -0.39 is 0 Å². The normalized spacial score (nSPS) is 13.2. The molecule has 16 heavy (non-hydrogen) atoms. The van der Waals surface area contributed by atoms with Crippen LogP contribution in [-0.4, -0.2) is 5.11 Å². The second kappa shape index (κ2) is 6.18. The summed E-state index contributed by atoms with van der Waals surface area (Å²) < 4.78 is 2.04. The molecule has 0 radical (unpaired) electrons. The fourth-order valence-electron chi connectivity index (χ4n) is 1.88. The van der Waals surface area contributed by atoms with Gasteiger partial charge in [0.1, 0.15) is 0 Å². The zero-order valence-electron chi connectivity index (χ0n) is 9.93. The summed E-state index contributed by atoms with van der Waals surface area (Å²) in [5.74, 6) is 0.325. The molecule has 0 saturated carbocycles. The number of aryl methyl sites for hydroxylation is 1. The average molecular weight is 350 g/mol. The van der Waals surface area contributed by atoms with Gasteiger partial charge in [-0.2, -0.15) is 0 Å². The van der Waals surface area contributed by atoms with Gasteiger partial charge >= 0.3 is 0 Å². The first-order valence-electron chi connectivity index (χ1n) is 5.64. The van der Waals surface area contributed by atoms with Crippen LogP contribution in [0.2, 0.25) is 0 Å². The van der Waals surface area contributed by atoms with E-state index in [2.05, 4.69) is 45.7 Å². The third kappa shape index (κ3) is 3.08. The van der Waals surface area contributed by atoms with Gasteiger partial charge in [-0.05, 0) is 36.1 Å². The summed E-state index contributed by atoms with van der Waals surface area (Å²) >= 11 is 7.04. The quantitative estimate of drug-likeness (QED) is 0.811. The lowest BCUT2D eigenvalue weighted by Gasteiger charge is -2.22. The standard InChI is InChI=1S/C13H18Br2O/c1-4-9(5-2)13(16)10-7-11(14)8(3)6-12(10)15/h6-7,9,13,16H,4-5H2,1-3H3. The third-order valence-electron chi connectivity index (χ3n) is 3.09. The van der Waals surface area contributed by atoms with Gasteiger partial charge in [0.25, 0.3) is 0 Å². The van der Waals surface area contributed by atoms with Crippen molar-refractivity contribution >= 4 is 31.9 Å². The second-order valence-corrected chi connectivity index (χ2v) is 5.85. The monoisotopic (exact) mass is 348 g/mol. The van der Waals surface area contributed by atoms with E-state index in [1.54, 1.807) is 0 Å². The van der Waals surface area contributed by atoms with Gasteiger partial charge in [0.15, 0.2) is 0 Å². The minimum Gasteiger partial charge on any atom is -0.388 e. The van der Waals surface area contributed by atoms with Crippen LogP contribution in [0, 0.1) is 12.8 Å². The van der Waals surface area contributed by atoms with E-state index in [-0.39, 0.29) is 6.10 Å². The van der Waals surface area contributed by atoms with Crippen LogP contribution in [0.4, 0.5) is 0 Å². The second-order valence-electron chi connectivity index (χ2n) is 4.14. The minimum atomic E-state index is -0.388. The molecule has 0 bridgehead atoms. The minimum absolute atomic E-state index is 0.325. The van der Waals surface area contributed by atoms with Crippen molar-refractivity contribution in [3.63, 3.8) is 0 Å². The molecule has 0 heterocycles. The maximum absolute atomic E-state index is 10.3. The summed E-state index contributed by atoms with van der Waals surface area (Å²) in [5.41, 5.74) is 2.15. The highest BCUT2D eigenvalue weighted by Crippen LogP contribution is 2.35. The first-order chi connectivity index (χ1) is 7.51. The Bertz CT molecular complexity index is 359. The van der Waals surface area contributed by atoms with Gasteiger partial charge in [-0.25, -0.2) is 0 Å². The van der Waals surface area contributed by atoms with Crippen molar-refractivity contribution in [2.75, 3.05) is 0 Å². The Labute approximate surface area is 115 Å². The van der Waals surface area contributed by atoms with E-state index in [1.807, 2.05) is 19.1 Å². The summed E-state index contributed by atoms with van der Waals surface area (Å²) in [6.45, 7) is 6.28. The van der Waals surface area contributed by atoms with Crippen LogP contribution in [0.25, 0.3) is 0 Å². The van der Waals surface area contributed by atoms with Crippen molar-refractivity contribution in [2.45, 2.75) is 39.7 Å². The maximum atomic E-state index is 10.3. The van der Waals surface area contributed by atoms with E-state index in [9.17, 15) is 5.11 Å². The molecule has 1 atom stereocenters. The van der Waals surface area contributed by atoms with Gasteiger partial charge in [-0.3, -0.25) is 0 Å².